The van der Waals surface area contributed by atoms with Crippen LogP contribution in [-0.2, 0) is 14.3 Å². The Morgan fingerprint density at radius 3 is 2.76 bits per heavy atom. The maximum absolute atomic E-state index is 16.4. The molecule has 3 aliphatic heterocycles. The number of benzene rings is 2. The molecule has 0 spiro atoms. The Balaban J connectivity index is 1.32. The second kappa shape index (κ2) is 12.5. The van der Waals surface area contributed by atoms with Crippen LogP contribution in [0.1, 0.15) is 45.9 Å². The predicted molar refractivity (Wildman–Crippen MR) is 168 cm³/mol. The summed E-state index contributed by atoms with van der Waals surface area (Å²) in [6, 6.07) is 7.82. The number of hydrogen-bond donors (Lipinski definition) is 2. The highest BCUT2D eigenvalue weighted by atomic mass is 35.5. The first-order valence-corrected chi connectivity index (χ1v) is 15.9. The number of aliphatic imine (C=N–C) groups is 1. The Kier molecular flexibility index (Phi) is 8.66. The first-order valence-electron chi connectivity index (χ1n) is 14.7. The van der Waals surface area contributed by atoms with Crippen LogP contribution in [0, 0.1) is 18.7 Å². The summed E-state index contributed by atoms with van der Waals surface area (Å²) in [5, 5.41) is 14.8. The molecule has 2 fully saturated rings. The quantitative estimate of drug-likeness (QED) is 0.324. The van der Waals surface area contributed by atoms with Crippen molar-refractivity contribution in [1.82, 2.24) is 15.2 Å². The van der Waals surface area contributed by atoms with E-state index in [9.17, 15) is 23.9 Å². The van der Waals surface area contributed by atoms with Crippen molar-refractivity contribution >= 4 is 52.3 Å². The van der Waals surface area contributed by atoms with Gasteiger partial charge in [-0.3, -0.25) is 14.7 Å². The summed E-state index contributed by atoms with van der Waals surface area (Å²) in [5.74, 6) is -3.38. The first-order chi connectivity index (χ1) is 22.0. The van der Waals surface area contributed by atoms with Crippen LogP contribution in [0.5, 0.6) is 0 Å². The van der Waals surface area contributed by atoms with Gasteiger partial charge in [-0.1, -0.05) is 23.7 Å². The maximum atomic E-state index is 16.4. The molecule has 240 valence electrons. The molecule has 2 N–H and O–H groups in total. The highest BCUT2D eigenvalue weighted by molar-refractivity contribution is 7.11. The number of hydrogen-bond acceptors (Lipinski definition) is 9. The number of fused-ring (bicyclic) bond motifs is 1. The number of nitrogens with one attached hydrogen (secondary N) is 1. The van der Waals surface area contributed by atoms with Crippen LogP contribution in [0.25, 0.3) is 0 Å². The molecular weight excluding hydrogens is 640 g/mol. The van der Waals surface area contributed by atoms with Gasteiger partial charge in [0.05, 0.1) is 22.8 Å². The third-order valence-electron chi connectivity index (χ3n) is 8.59. The molecule has 14 heteroatoms. The lowest BCUT2D eigenvalue weighted by molar-refractivity contribution is -0.139. The smallest absolute Gasteiger partial charge is 0.338 e. The van der Waals surface area contributed by atoms with Gasteiger partial charge < -0.3 is 20.1 Å². The van der Waals surface area contributed by atoms with Gasteiger partial charge in [0.1, 0.15) is 11.9 Å². The molecule has 2 saturated heterocycles. The molecule has 3 aliphatic rings. The van der Waals surface area contributed by atoms with E-state index in [2.05, 4.69) is 10.3 Å². The molecule has 0 saturated carbocycles. The molecule has 4 heterocycles. The van der Waals surface area contributed by atoms with Gasteiger partial charge in [0, 0.05) is 67.0 Å². The van der Waals surface area contributed by atoms with Gasteiger partial charge in [0.25, 0.3) is 5.91 Å². The Labute approximate surface area is 272 Å². The van der Waals surface area contributed by atoms with Crippen molar-refractivity contribution in [1.29, 1.82) is 0 Å². The molecule has 1 aromatic heterocycles. The fraction of sp³-hybridized carbons (Fsp3) is 0.344. The van der Waals surface area contributed by atoms with Crippen molar-refractivity contribution in [3.8, 4) is 0 Å². The number of rotatable bonds is 8. The van der Waals surface area contributed by atoms with Gasteiger partial charge >= 0.3 is 11.9 Å². The number of carboxylic acid groups (broad SMARTS) is 1. The molecular formula is C32H30ClF2N5O5S. The fourth-order valence-corrected chi connectivity index (χ4v) is 7.12. The normalized spacial score (nSPS) is 23.2. The number of carboxylic acids is 1. The summed E-state index contributed by atoms with van der Waals surface area (Å²) in [5.41, 5.74) is -0.236. The van der Waals surface area contributed by atoms with Crippen molar-refractivity contribution < 1.29 is 33.0 Å². The Bertz CT molecular complexity index is 1780. The molecule has 3 atom stereocenters. The molecule has 0 unspecified atom stereocenters. The van der Waals surface area contributed by atoms with E-state index in [0.717, 1.165) is 0 Å². The average Bonchev–Trinajstić information content (AvgIpc) is 3.65. The van der Waals surface area contributed by atoms with E-state index in [1.54, 1.807) is 37.6 Å². The monoisotopic (exact) mass is 669 g/mol. The number of likely N-dealkylation sites (tertiary alicyclic amines) is 1. The number of aromatic carboxylic acids is 1. The lowest BCUT2D eigenvalue weighted by Gasteiger charge is -2.38. The largest absolute Gasteiger partial charge is 0.478 e. The number of carbonyl (C=O) groups excluding carboxylic acids is 2. The number of esters is 1. The van der Waals surface area contributed by atoms with Crippen LogP contribution in [0.4, 0.5) is 14.5 Å². The SMILES string of the molecule is CCOC(=O)C1=C(CN2CC[C@]3(F)C(=O)N(c4ccc(C(=O)O)c(C)c4)C[C@@H]3C2)NC(c2nccs2)=N[C@H]1c1cccc(F)c1Cl. The van der Waals surface area contributed by atoms with Crippen molar-refractivity contribution in [2.24, 2.45) is 10.9 Å². The highest BCUT2D eigenvalue weighted by Gasteiger charge is 2.57. The minimum atomic E-state index is -2.10. The number of ether oxygens (including phenoxy) is 1. The summed E-state index contributed by atoms with van der Waals surface area (Å²) in [7, 11) is 0. The lowest BCUT2D eigenvalue weighted by atomic mass is 9.85. The molecule has 0 aliphatic carbocycles. The van der Waals surface area contributed by atoms with Crippen LogP contribution in [-0.4, -0.2) is 77.1 Å². The van der Waals surface area contributed by atoms with Gasteiger partial charge in [-0.2, -0.15) is 0 Å². The number of carbonyl (C=O) groups is 3. The van der Waals surface area contributed by atoms with Crippen molar-refractivity contribution in [2.75, 3.05) is 37.7 Å². The van der Waals surface area contributed by atoms with Gasteiger partial charge in [0.2, 0.25) is 0 Å². The summed E-state index contributed by atoms with van der Waals surface area (Å²) in [6.45, 7) is 4.04. The zero-order valence-corrected chi connectivity index (χ0v) is 26.5. The zero-order chi connectivity index (χ0) is 32.7. The number of nitrogens with zero attached hydrogens (tertiary/aromatic N) is 4. The van der Waals surface area contributed by atoms with Crippen molar-refractivity contribution in [2.45, 2.75) is 32.0 Å². The van der Waals surface area contributed by atoms with Gasteiger partial charge in [-0.05, 0) is 43.7 Å². The average molecular weight is 670 g/mol. The molecule has 6 rings (SSSR count). The Morgan fingerprint density at radius 1 is 1.26 bits per heavy atom. The number of piperidine rings is 1. The maximum Gasteiger partial charge on any atom is 0.338 e. The molecule has 0 bridgehead atoms. The van der Waals surface area contributed by atoms with Crippen LogP contribution in [0.2, 0.25) is 5.02 Å². The number of thiazole rings is 1. The van der Waals surface area contributed by atoms with E-state index in [1.165, 1.54) is 40.5 Å². The summed E-state index contributed by atoms with van der Waals surface area (Å²) >= 11 is 7.73. The van der Waals surface area contributed by atoms with Gasteiger partial charge in [-0.15, -0.1) is 11.3 Å². The van der Waals surface area contributed by atoms with Crippen LogP contribution < -0.4 is 10.2 Å². The second-order valence-corrected chi connectivity index (χ2v) is 12.6. The summed E-state index contributed by atoms with van der Waals surface area (Å²) < 4.78 is 36.4. The van der Waals surface area contributed by atoms with Gasteiger partial charge in [0.15, 0.2) is 16.5 Å². The molecule has 2 aromatic carbocycles. The number of amides is 1. The number of halogens is 3. The fourth-order valence-electron chi connectivity index (χ4n) is 6.31. The summed E-state index contributed by atoms with van der Waals surface area (Å²) in [4.78, 5) is 50.8. The van der Waals surface area contributed by atoms with Gasteiger partial charge in [-0.25, -0.2) is 23.4 Å². The van der Waals surface area contributed by atoms with E-state index in [-0.39, 0.29) is 60.9 Å². The molecule has 46 heavy (non-hydrogen) atoms. The first kappa shape index (κ1) is 31.8. The van der Waals surface area contributed by atoms with Crippen molar-refractivity contribution in [3.63, 3.8) is 0 Å². The Hall–Kier alpha value is -4.20. The van der Waals surface area contributed by atoms with Crippen LogP contribution >= 0.6 is 22.9 Å². The summed E-state index contributed by atoms with van der Waals surface area (Å²) in [6.07, 6.45) is 1.54. The van der Waals surface area contributed by atoms with E-state index in [1.807, 2.05) is 4.90 Å². The van der Waals surface area contributed by atoms with E-state index >= 15 is 4.39 Å². The van der Waals surface area contributed by atoms with Crippen LogP contribution in [0.3, 0.4) is 0 Å². The molecule has 10 nitrogen and oxygen atoms in total. The highest BCUT2D eigenvalue weighted by Crippen LogP contribution is 2.43. The standard InChI is InChI=1S/C32H30ClF2N5O5S/c1-3-45-30(43)24-23(37-27(28-36-10-12-46-28)38-26(24)21-5-4-6-22(34)25(21)33)16-39-11-9-32(35)18(14-39)15-40(31(32)44)19-7-8-20(29(41)42)17(2)13-19/h4-8,10,12-13,18,26H,3,9,11,14-16H2,1-2H3,(H,37,38)(H,41,42)/t18-,26-,32+/m0/s1. The molecule has 0 radical (unpaired) electrons. The number of alkyl halides is 1. The number of aromatic nitrogens is 1. The number of aryl methyl sites for hydroxylation is 1. The lowest BCUT2D eigenvalue weighted by Crippen LogP contribution is -2.52. The van der Waals surface area contributed by atoms with Crippen molar-refractivity contribution in [3.05, 3.63) is 91.8 Å². The minimum absolute atomic E-state index is 0.0756. The van der Waals surface area contributed by atoms with E-state index in [4.69, 9.17) is 21.3 Å². The van der Waals surface area contributed by atoms with E-state index < -0.39 is 41.3 Å². The zero-order valence-electron chi connectivity index (χ0n) is 24.9. The van der Waals surface area contributed by atoms with E-state index in [0.29, 0.717) is 27.8 Å². The molecule has 1 amide bonds. The Morgan fingerprint density at radius 2 is 2.07 bits per heavy atom. The molecule has 3 aromatic rings. The predicted octanol–water partition coefficient (Wildman–Crippen LogP) is 4.93. The topological polar surface area (TPSA) is 124 Å². The number of amidine groups is 1. The third-order valence-corrected chi connectivity index (χ3v) is 9.77. The third kappa shape index (κ3) is 5.67. The van der Waals surface area contributed by atoms with Crippen LogP contribution in [0.15, 0.2) is 64.2 Å². The number of anilines is 1. The second-order valence-electron chi connectivity index (χ2n) is 11.4. The minimum Gasteiger partial charge on any atom is -0.478 e.